The Balaban J connectivity index is 2.16. The number of benzene rings is 1. The van der Waals surface area contributed by atoms with Crippen LogP contribution < -0.4 is 11.4 Å². The fourth-order valence-electron chi connectivity index (χ4n) is 2.54. The molecule has 0 atom stereocenters. The molecule has 3 aromatic rings. The van der Waals surface area contributed by atoms with Gasteiger partial charge >= 0.3 is 5.69 Å². The fourth-order valence-corrected chi connectivity index (χ4v) is 2.54. The number of nitrogens with two attached hydrogens (primary N) is 1. The van der Waals surface area contributed by atoms with E-state index in [9.17, 15) is 4.79 Å². The molecule has 2 heterocycles. The van der Waals surface area contributed by atoms with Crippen LogP contribution in [0.15, 0.2) is 23.0 Å². The van der Waals surface area contributed by atoms with Gasteiger partial charge in [0.1, 0.15) is 0 Å². The average molecular weight is 271 g/mol. The van der Waals surface area contributed by atoms with Gasteiger partial charge in [0.15, 0.2) is 0 Å². The van der Waals surface area contributed by atoms with Crippen molar-refractivity contribution in [2.24, 2.45) is 7.05 Å². The highest BCUT2D eigenvalue weighted by Crippen LogP contribution is 2.18. The number of anilines is 1. The van der Waals surface area contributed by atoms with Gasteiger partial charge in [-0.2, -0.15) is 5.10 Å². The number of nitrogen functional groups attached to an aromatic ring is 1. The Morgan fingerprint density at radius 1 is 1.35 bits per heavy atom. The summed E-state index contributed by atoms with van der Waals surface area (Å²) >= 11 is 0. The molecule has 0 bridgehead atoms. The summed E-state index contributed by atoms with van der Waals surface area (Å²) in [6.45, 7) is 4.47. The molecule has 2 aromatic heterocycles. The van der Waals surface area contributed by atoms with Crippen LogP contribution >= 0.6 is 0 Å². The maximum atomic E-state index is 12.1. The third-order valence-corrected chi connectivity index (χ3v) is 3.77. The van der Waals surface area contributed by atoms with Crippen LogP contribution in [0, 0.1) is 13.8 Å². The van der Waals surface area contributed by atoms with E-state index in [1.807, 2.05) is 31.6 Å². The first-order valence-electron chi connectivity index (χ1n) is 6.44. The van der Waals surface area contributed by atoms with Crippen molar-refractivity contribution in [3.8, 4) is 0 Å². The minimum atomic E-state index is -0.131. The monoisotopic (exact) mass is 271 g/mol. The van der Waals surface area contributed by atoms with Crippen molar-refractivity contribution in [1.82, 2.24) is 19.3 Å². The van der Waals surface area contributed by atoms with E-state index < -0.39 is 0 Å². The number of fused-ring (bicyclic) bond motifs is 1. The van der Waals surface area contributed by atoms with Gasteiger partial charge in [-0.15, -0.1) is 0 Å². The minimum absolute atomic E-state index is 0.131. The van der Waals surface area contributed by atoms with Crippen LogP contribution in [0.2, 0.25) is 0 Å². The van der Waals surface area contributed by atoms with Gasteiger partial charge in [0.05, 0.1) is 23.3 Å². The molecule has 1 aromatic carbocycles. The summed E-state index contributed by atoms with van der Waals surface area (Å²) in [6.07, 6.45) is 0. The zero-order valence-electron chi connectivity index (χ0n) is 11.8. The van der Waals surface area contributed by atoms with Crippen LogP contribution in [0.1, 0.15) is 17.0 Å². The predicted molar refractivity (Wildman–Crippen MR) is 78.8 cm³/mol. The van der Waals surface area contributed by atoms with Crippen molar-refractivity contribution in [1.29, 1.82) is 0 Å². The Labute approximate surface area is 115 Å². The van der Waals surface area contributed by atoms with Gasteiger partial charge < -0.3 is 10.7 Å². The maximum absolute atomic E-state index is 12.1. The molecule has 20 heavy (non-hydrogen) atoms. The van der Waals surface area contributed by atoms with E-state index in [4.69, 9.17) is 5.73 Å². The minimum Gasteiger partial charge on any atom is -0.399 e. The van der Waals surface area contributed by atoms with Crippen LogP contribution in [0.3, 0.4) is 0 Å². The predicted octanol–water partition coefficient (Wildman–Crippen LogP) is 1.31. The molecule has 0 amide bonds. The highest BCUT2D eigenvalue weighted by Gasteiger charge is 2.13. The topological polar surface area (TPSA) is 81.6 Å². The molecule has 0 saturated heterocycles. The first-order valence-corrected chi connectivity index (χ1v) is 6.44. The summed E-state index contributed by atoms with van der Waals surface area (Å²) in [7, 11) is 1.91. The van der Waals surface area contributed by atoms with Crippen molar-refractivity contribution in [3.05, 3.63) is 45.6 Å². The molecule has 0 aliphatic heterocycles. The zero-order valence-corrected chi connectivity index (χ0v) is 11.8. The second-order valence-corrected chi connectivity index (χ2v) is 5.07. The van der Waals surface area contributed by atoms with E-state index in [-0.39, 0.29) is 5.69 Å². The van der Waals surface area contributed by atoms with Gasteiger partial charge in [0.2, 0.25) is 0 Å². The van der Waals surface area contributed by atoms with Crippen LogP contribution in [0.25, 0.3) is 11.0 Å². The lowest BCUT2D eigenvalue weighted by Gasteiger charge is -2.04. The number of H-pyrrole nitrogens is 1. The normalized spacial score (nSPS) is 11.3. The molecule has 0 aliphatic rings. The second kappa shape index (κ2) is 4.26. The highest BCUT2D eigenvalue weighted by molar-refractivity contribution is 5.79. The lowest BCUT2D eigenvalue weighted by atomic mass is 10.2. The lowest BCUT2D eigenvalue weighted by molar-refractivity contribution is 0.726. The van der Waals surface area contributed by atoms with Crippen LogP contribution in [0.4, 0.5) is 5.69 Å². The SMILES string of the molecule is Cc1nn(C)c(C)c1Cn1c(=O)[nH]c2cc(N)ccc21. The van der Waals surface area contributed by atoms with Gasteiger partial charge in [0.25, 0.3) is 0 Å². The number of hydrogen-bond donors (Lipinski definition) is 2. The summed E-state index contributed by atoms with van der Waals surface area (Å²) in [6, 6.07) is 5.44. The number of nitrogens with zero attached hydrogens (tertiary/aromatic N) is 3. The molecule has 0 unspecified atom stereocenters. The van der Waals surface area contributed by atoms with E-state index in [2.05, 4.69) is 10.1 Å². The van der Waals surface area contributed by atoms with Gasteiger partial charge in [-0.3, -0.25) is 9.25 Å². The maximum Gasteiger partial charge on any atom is 0.326 e. The van der Waals surface area contributed by atoms with Crippen LogP contribution in [-0.4, -0.2) is 19.3 Å². The van der Waals surface area contributed by atoms with Gasteiger partial charge in [0, 0.05) is 24.0 Å². The molecular weight excluding hydrogens is 254 g/mol. The number of rotatable bonds is 2. The lowest BCUT2D eigenvalue weighted by Crippen LogP contribution is -2.18. The first kappa shape index (κ1) is 12.5. The van der Waals surface area contributed by atoms with Gasteiger partial charge in [-0.05, 0) is 32.0 Å². The van der Waals surface area contributed by atoms with Crippen molar-refractivity contribution in [2.75, 3.05) is 5.73 Å². The fraction of sp³-hybridized carbons (Fsp3) is 0.286. The summed E-state index contributed by atoms with van der Waals surface area (Å²) in [5.74, 6) is 0. The van der Waals surface area contributed by atoms with E-state index in [0.29, 0.717) is 12.2 Å². The highest BCUT2D eigenvalue weighted by atomic mass is 16.1. The average Bonchev–Trinajstić information content (AvgIpc) is 2.81. The van der Waals surface area contributed by atoms with Gasteiger partial charge in [-0.1, -0.05) is 0 Å². The number of aryl methyl sites for hydroxylation is 2. The Morgan fingerprint density at radius 2 is 2.10 bits per heavy atom. The molecule has 6 heteroatoms. The Bertz CT molecular complexity index is 852. The largest absolute Gasteiger partial charge is 0.399 e. The molecule has 3 rings (SSSR count). The smallest absolute Gasteiger partial charge is 0.326 e. The van der Waals surface area contributed by atoms with Crippen molar-refractivity contribution >= 4 is 16.7 Å². The molecule has 0 fully saturated rings. The number of aromatic nitrogens is 4. The van der Waals surface area contributed by atoms with Crippen molar-refractivity contribution in [2.45, 2.75) is 20.4 Å². The molecule has 0 aliphatic carbocycles. The van der Waals surface area contributed by atoms with E-state index >= 15 is 0 Å². The van der Waals surface area contributed by atoms with E-state index in [1.54, 1.807) is 16.7 Å². The molecule has 104 valence electrons. The van der Waals surface area contributed by atoms with Gasteiger partial charge in [-0.25, -0.2) is 4.79 Å². The summed E-state index contributed by atoms with van der Waals surface area (Å²) < 4.78 is 3.55. The third kappa shape index (κ3) is 1.80. The number of imidazole rings is 1. The summed E-state index contributed by atoms with van der Waals surface area (Å²) in [5, 5.41) is 4.39. The quantitative estimate of drug-likeness (QED) is 0.689. The molecule has 3 N–H and O–H groups in total. The van der Waals surface area contributed by atoms with Crippen molar-refractivity contribution < 1.29 is 0 Å². The molecule has 0 radical (unpaired) electrons. The number of aromatic amines is 1. The number of nitrogens with one attached hydrogen (secondary N) is 1. The zero-order chi connectivity index (χ0) is 14.4. The first-order chi connectivity index (χ1) is 9.47. The molecule has 0 saturated carbocycles. The van der Waals surface area contributed by atoms with Crippen molar-refractivity contribution in [3.63, 3.8) is 0 Å². The second-order valence-electron chi connectivity index (χ2n) is 5.07. The Kier molecular flexibility index (Phi) is 2.67. The van der Waals surface area contributed by atoms with Crippen LogP contribution in [-0.2, 0) is 13.6 Å². The molecule has 6 nitrogen and oxygen atoms in total. The standard InChI is InChI=1S/C14H17N5O/c1-8-11(9(2)18(3)17-8)7-19-13-5-4-10(15)6-12(13)16-14(19)20/h4-6H,7,15H2,1-3H3,(H,16,20). The van der Waals surface area contributed by atoms with Crippen LogP contribution in [0.5, 0.6) is 0 Å². The number of hydrogen-bond acceptors (Lipinski definition) is 3. The molecular formula is C14H17N5O. The summed E-state index contributed by atoms with van der Waals surface area (Å²) in [4.78, 5) is 15.0. The molecule has 0 spiro atoms. The Hall–Kier alpha value is -2.50. The van der Waals surface area contributed by atoms with E-state index in [0.717, 1.165) is 28.0 Å². The third-order valence-electron chi connectivity index (χ3n) is 3.77. The Morgan fingerprint density at radius 3 is 2.75 bits per heavy atom. The van der Waals surface area contributed by atoms with E-state index in [1.165, 1.54) is 0 Å². The summed E-state index contributed by atoms with van der Waals surface area (Å²) in [5.41, 5.74) is 11.0.